The number of rotatable bonds is 10. The Morgan fingerprint density at radius 3 is 2.73 bits per heavy atom. The maximum Gasteiger partial charge on any atom is 0.243 e. The number of carbonyl (C=O) groups is 3. The average Bonchev–Trinajstić information content (AvgIpc) is 3.25. The quantitative estimate of drug-likeness (QED) is 0.165. The van der Waals surface area contributed by atoms with Crippen molar-refractivity contribution in [1.29, 1.82) is 0 Å². The molecule has 0 aliphatic carbocycles. The summed E-state index contributed by atoms with van der Waals surface area (Å²) in [5.41, 5.74) is 10.6. The predicted molar refractivity (Wildman–Crippen MR) is 125 cm³/mol. The molecule has 2 aliphatic heterocycles. The first-order valence-corrected chi connectivity index (χ1v) is 11.5. The maximum atomic E-state index is 13.3. The first-order chi connectivity index (χ1) is 16.0. The van der Waals surface area contributed by atoms with Crippen molar-refractivity contribution in [3.63, 3.8) is 0 Å². The van der Waals surface area contributed by atoms with Gasteiger partial charge in [-0.15, -0.1) is 0 Å². The summed E-state index contributed by atoms with van der Waals surface area (Å²) < 4.78 is 6.05. The highest BCUT2D eigenvalue weighted by molar-refractivity contribution is 5.91. The van der Waals surface area contributed by atoms with Gasteiger partial charge < -0.3 is 36.5 Å². The summed E-state index contributed by atoms with van der Waals surface area (Å²) >= 11 is 0. The monoisotopic (exact) mass is 458 g/mol. The van der Waals surface area contributed by atoms with Gasteiger partial charge in [-0.2, -0.15) is 0 Å². The van der Waals surface area contributed by atoms with Gasteiger partial charge in [0.2, 0.25) is 11.8 Å². The number of piperidine rings is 1. The molecule has 4 atom stereocenters. The number of hydrogen-bond acceptors (Lipinski definition) is 6. The number of hydrogen-bond donors (Lipinski definition) is 4. The number of amides is 2. The summed E-state index contributed by atoms with van der Waals surface area (Å²) in [6.45, 7) is 1.48. The Labute approximate surface area is 194 Å². The van der Waals surface area contributed by atoms with Gasteiger partial charge in [-0.3, -0.25) is 14.6 Å². The molecule has 0 aromatic heterocycles. The molecule has 3 rings (SSSR count). The fraction of sp³-hybridized carbons (Fsp3) is 0.565. The molecule has 0 bridgehead atoms. The molecule has 0 spiro atoms. The van der Waals surface area contributed by atoms with Crippen molar-refractivity contribution in [2.45, 2.75) is 62.8 Å². The van der Waals surface area contributed by atoms with Crippen molar-refractivity contribution < 1.29 is 19.1 Å². The highest BCUT2D eigenvalue weighted by Crippen LogP contribution is 2.25. The van der Waals surface area contributed by atoms with Crippen LogP contribution in [0.5, 0.6) is 5.75 Å². The van der Waals surface area contributed by atoms with E-state index in [1.54, 1.807) is 4.90 Å². The molecule has 2 aliphatic rings. The van der Waals surface area contributed by atoms with Crippen LogP contribution in [0.1, 0.15) is 38.5 Å². The fourth-order valence-corrected chi connectivity index (χ4v) is 4.30. The minimum absolute atomic E-state index is 0.0115. The zero-order chi connectivity index (χ0) is 23.6. The molecular formula is C23H34N6O4. The van der Waals surface area contributed by atoms with Crippen LogP contribution in [0.15, 0.2) is 35.3 Å². The number of para-hydroxylation sites is 1. The minimum Gasteiger partial charge on any atom is -0.488 e. The van der Waals surface area contributed by atoms with Crippen LogP contribution in [-0.4, -0.2) is 72.8 Å². The fourth-order valence-electron chi connectivity index (χ4n) is 4.30. The topological polar surface area (TPSA) is 152 Å². The third-order valence-corrected chi connectivity index (χ3v) is 5.96. The first kappa shape index (κ1) is 24.5. The number of nitrogens with two attached hydrogens (primary N) is 2. The van der Waals surface area contributed by atoms with E-state index in [-0.39, 0.29) is 29.9 Å². The van der Waals surface area contributed by atoms with Gasteiger partial charge >= 0.3 is 0 Å². The van der Waals surface area contributed by atoms with Gasteiger partial charge in [-0.25, -0.2) is 0 Å². The number of carbonyl (C=O) groups excluding carboxylic acids is 3. The van der Waals surface area contributed by atoms with Crippen molar-refractivity contribution >= 4 is 24.1 Å². The Morgan fingerprint density at radius 1 is 1.27 bits per heavy atom. The Hall–Kier alpha value is -3.14. The van der Waals surface area contributed by atoms with E-state index in [1.807, 2.05) is 30.3 Å². The first-order valence-electron chi connectivity index (χ1n) is 11.5. The lowest BCUT2D eigenvalue weighted by Crippen LogP contribution is -2.54. The standard InChI is InChI=1S/C23H34N6O4/c24-23(25)27-12-6-7-16(15-30)28-21(31)20-13-18(33-17-8-2-1-3-9-17)14-29(20)22(32)19-10-4-5-11-26-19/h1-3,8-9,15-16,18-20,26H,4-7,10-14H2,(H,28,31)(H4,24,25,27)/t16-,18+,19-,20+/m1/s1. The van der Waals surface area contributed by atoms with Gasteiger partial charge in [-0.1, -0.05) is 24.6 Å². The number of likely N-dealkylation sites (tertiary alicyclic amines) is 1. The van der Waals surface area contributed by atoms with Crippen molar-refractivity contribution in [3.05, 3.63) is 30.3 Å². The molecule has 0 saturated carbocycles. The highest BCUT2D eigenvalue weighted by atomic mass is 16.5. The highest BCUT2D eigenvalue weighted by Gasteiger charge is 2.43. The molecule has 10 nitrogen and oxygen atoms in total. The Morgan fingerprint density at radius 2 is 2.06 bits per heavy atom. The third kappa shape index (κ3) is 7.18. The summed E-state index contributed by atoms with van der Waals surface area (Å²) in [4.78, 5) is 43.4. The SMILES string of the molecule is NC(N)=NCCC[C@H](C=O)NC(=O)[C@@H]1C[C@H](Oc2ccccc2)CN1C(=O)[C@H]1CCCCN1. The van der Waals surface area contributed by atoms with E-state index in [0.717, 1.165) is 25.8 Å². The third-order valence-electron chi connectivity index (χ3n) is 5.96. The summed E-state index contributed by atoms with van der Waals surface area (Å²) in [6.07, 6.45) is 4.45. The van der Waals surface area contributed by atoms with Gasteiger partial charge in [0.15, 0.2) is 5.96 Å². The van der Waals surface area contributed by atoms with Crippen molar-refractivity contribution in [1.82, 2.24) is 15.5 Å². The molecule has 0 radical (unpaired) electrons. The number of guanidine groups is 1. The van der Waals surface area contributed by atoms with E-state index in [0.29, 0.717) is 44.4 Å². The lowest BCUT2D eigenvalue weighted by molar-refractivity contribution is -0.141. The van der Waals surface area contributed by atoms with Crippen molar-refractivity contribution in [2.24, 2.45) is 16.5 Å². The smallest absolute Gasteiger partial charge is 0.243 e. The molecular weight excluding hydrogens is 424 g/mol. The number of nitrogens with zero attached hydrogens (tertiary/aromatic N) is 2. The molecule has 2 heterocycles. The predicted octanol–water partition coefficient (Wildman–Crippen LogP) is -0.0857. The summed E-state index contributed by atoms with van der Waals surface area (Å²) in [5, 5.41) is 6.04. The molecule has 10 heteroatoms. The summed E-state index contributed by atoms with van der Waals surface area (Å²) in [5.74, 6) is 0.238. The lowest BCUT2D eigenvalue weighted by atomic mass is 10.0. The van der Waals surface area contributed by atoms with Crippen LogP contribution >= 0.6 is 0 Å². The van der Waals surface area contributed by atoms with Gasteiger partial charge in [0.1, 0.15) is 24.2 Å². The van der Waals surface area contributed by atoms with Gasteiger partial charge in [0, 0.05) is 13.0 Å². The lowest BCUT2D eigenvalue weighted by Gasteiger charge is -2.30. The normalized spacial score (nSPS) is 23.4. The minimum atomic E-state index is -0.699. The zero-order valence-corrected chi connectivity index (χ0v) is 18.8. The molecule has 180 valence electrons. The molecule has 2 saturated heterocycles. The van der Waals surface area contributed by atoms with Crippen LogP contribution in [0.3, 0.4) is 0 Å². The number of aliphatic imine (C=N–C) groups is 1. The van der Waals surface area contributed by atoms with E-state index < -0.39 is 12.1 Å². The van der Waals surface area contributed by atoms with Crippen LogP contribution in [0.25, 0.3) is 0 Å². The van der Waals surface area contributed by atoms with Gasteiger partial charge in [-0.05, 0) is 44.4 Å². The second kappa shape index (κ2) is 12.2. The van der Waals surface area contributed by atoms with E-state index >= 15 is 0 Å². The van der Waals surface area contributed by atoms with Crippen LogP contribution in [0, 0.1) is 0 Å². The van der Waals surface area contributed by atoms with Crippen molar-refractivity contribution in [3.8, 4) is 5.75 Å². The van der Waals surface area contributed by atoms with Gasteiger partial charge in [0.25, 0.3) is 0 Å². The summed E-state index contributed by atoms with van der Waals surface area (Å²) in [7, 11) is 0. The second-order valence-corrected chi connectivity index (χ2v) is 8.50. The second-order valence-electron chi connectivity index (χ2n) is 8.50. The molecule has 6 N–H and O–H groups in total. The Balaban J connectivity index is 1.66. The number of nitrogens with one attached hydrogen (secondary N) is 2. The molecule has 2 amide bonds. The molecule has 1 aromatic carbocycles. The largest absolute Gasteiger partial charge is 0.488 e. The zero-order valence-electron chi connectivity index (χ0n) is 18.8. The number of aldehydes is 1. The van der Waals surface area contributed by atoms with Crippen LogP contribution in [0.4, 0.5) is 0 Å². The number of ether oxygens (including phenoxy) is 1. The molecule has 33 heavy (non-hydrogen) atoms. The van der Waals surface area contributed by atoms with E-state index in [2.05, 4.69) is 15.6 Å². The van der Waals surface area contributed by atoms with Gasteiger partial charge in [0.05, 0.1) is 18.6 Å². The van der Waals surface area contributed by atoms with E-state index in [1.165, 1.54) is 0 Å². The van der Waals surface area contributed by atoms with Crippen molar-refractivity contribution in [2.75, 3.05) is 19.6 Å². The number of benzene rings is 1. The van der Waals surface area contributed by atoms with Crippen LogP contribution < -0.4 is 26.8 Å². The average molecular weight is 459 g/mol. The van der Waals surface area contributed by atoms with Crippen LogP contribution in [0.2, 0.25) is 0 Å². The Bertz CT molecular complexity index is 824. The molecule has 2 fully saturated rings. The Kier molecular flexibility index (Phi) is 9.05. The van der Waals surface area contributed by atoms with E-state index in [4.69, 9.17) is 16.2 Å². The maximum absolute atomic E-state index is 13.3. The van der Waals surface area contributed by atoms with E-state index in [9.17, 15) is 14.4 Å². The molecule has 0 unspecified atom stereocenters. The molecule has 1 aromatic rings. The summed E-state index contributed by atoms with van der Waals surface area (Å²) in [6, 6.07) is 7.67. The van der Waals surface area contributed by atoms with Crippen LogP contribution in [-0.2, 0) is 14.4 Å².